The van der Waals surface area contributed by atoms with E-state index in [9.17, 15) is 14.0 Å². The van der Waals surface area contributed by atoms with Gasteiger partial charge in [-0.05, 0) is 47.1 Å². The van der Waals surface area contributed by atoms with Crippen molar-refractivity contribution in [2.24, 2.45) is 5.92 Å². The van der Waals surface area contributed by atoms with Crippen LogP contribution in [0.1, 0.15) is 24.0 Å². The van der Waals surface area contributed by atoms with Crippen LogP contribution in [-0.4, -0.2) is 47.4 Å². The minimum atomic E-state index is -0.404. The van der Waals surface area contributed by atoms with Gasteiger partial charge in [-0.25, -0.2) is 4.39 Å². The summed E-state index contributed by atoms with van der Waals surface area (Å²) in [6, 6.07) is 14.2. The highest BCUT2D eigenvalue weighted by Crippen LogP contribution is 2.38. The largest absolute Gasteiger partial charge is 0.352 e. The highest BCUT2D eigenvalue weighted by Gasteiger charge is 2.44. The van der Waals surface area contributed by atoms with Crippen molar-refractivity contribution >= 4 is 40.8 Å². The molecule has 2 saturated heterocycles. The predicted molar refractivity (Wildman–Crippen MR) is 132 cm³/mol. The van der Waals surface area contributed by atoms with Crippen LogP contribution in [0.3, 0.4) is 0 Å². The van der Waals surface area contributed by atoms with E-state index in [1.807, 2.05) is 18.2 Å². The van der Waals surface area contributed by atoms with Gasteiger partial charge in [-0.2, -0.15) is 0 Å². The Balaban J connectivity index is 1.22. The van der Waals surface area contributed by atoms with Gasteiger partial charge in [0.25, 0.3) is 0 Å². The third kappa shape index (κ3) is 4.86. The highest BCUT2D eigenvalue weighted by molar-refractivity contribution is 8.04. The Kier molecular flexibility index (Phi) is 6.92. The first-order valence-electron chi connectivity index (χ1n) is 11.4. The molecule has 178 valence electrons. The van der Waals surface area contributed by atoms with Gasteiger partial charge in [0.05, 0.1) is 12.0 Å². The van der Waals surface area contributed by atoms with Crippen LogP contribution < -0.4 is 16.0 Å². The average Bonchev–Trinajstić information content (AvgIpc) is 3.29. The van der Waals surface area contributed by atoms with Crippen molar-refractivity contribution in [1.82, 2.24) is 20.9 Å². The van der Waals surface area contributed by atoms with Crippen molar-refractivity contribution in [3.63, 3.8) is 0 Å². The summed E-state index contributed by atoms with van der Waals surface area (Å²) >= 11 is 7.63. The van der Waals surface area contributed by atoms with E-state index in [4.69, 9.17) is 11.6 Å². The second kappa shape index (κ2) is 10.1. The molecule has 5 rings (SSSR count). The summed E-state index contributed by atoms with van der Waals surface area (Å²) in [6.45, 7) is 1.58. The highest BCUT2D eigenvalue weighted by atomic mass is 35.5. The predicted octanol–water partition coefficient (Wildman–Crippen LogP) is 3.34. The molecule has 4 atom stereocenters. The van der Waals surface area contributed by atoms with Crippen LogP contribution in [0.25, 0.3) is 5.57 Å². The molecule has 0 saturated carbocycles. The molecule has 4 unspecified atom stereocenters. The maximum absolute atomic E-state index is 13.3. The lowest BCUT2D eigenvalue weighted by Crippen LogP contribution is -2.69. The van der Waals surface area contributed by atoms with Gasteiger partial charge in [-0.15, -0.1) is 11.8 Å². The minimum absolute atomic E-state index is 0.0125. The van der Waals surface area contributed by atoms with Crippen molar-refractivity contribution < 1.29 is 14.0 Å². The maximum Gasteiger partial charge on any atom is 0.237 e. The Labute approximate surface area is 207 Å². The number of fused-ring (bicyclic) bond motifs is 1. The van der Waals surface area contributed by atoms with Gasteiger partial charge in [0.2, 0.25) is 11.8 Å². The van der Waals surface area contributed by atoms with Gasteiger partial charge in [-0.3, -0.25) is 19.8 Å². The summed E-state index contributed by atoms with van der Waals surface area (Å²) < 4.78 is 13.3. The summed E-state index contributed by atoms with van der Waals surface area (Å²) in [5, 5.41) is 11.8. The molecule has 2 aromatic rings. The molecule has 3 N–H and O–H groups in total. The molecule has 2 aromatic carbocycles. The van der Waals surface area contributed by atoms with Gasteiger partial charge in [0, 0.05) is 24.7 Å². The zero-order valence-electron chi connectivity index (χ0n) is 18.5. The second-order valence-electron chi connectivity index (χ2n) is 8.84. The summed E-state index contributed by atoms with van der Waals surface area (Å²) in [5.41, 5.74) is 2.91. The third-order valence-corrected chi connectivity index (χ3v) is 8.14. The Bertz CT molecular complexity index is 1120. The minimum Gasteiger partial charge on any atom is -0.352 e. The number of hydrogen-bond acceptors (Lipinski definition) is 5. The Morgan fingerprint density at radius 2 is 2.06 bits per heavy atom. The van der Waals surface area contributed by atoms with Gasteiger partial charge < -0.3 is 10.6 Å². The van der Waals surface area contributed by atoms with Crippen LogP contribution in [0.4, 0.5) is 4.39 Å². The number of hydrogen-bond donors (Lipinski definition) is 3. The second-order valence-corrected chi connectivity index (χ2v) is 10.3. The van der Waals surface area contributed by atoms with Gasteiger partial charge in [0.15, 0.2) is 0 Å². The fourth-order valence-electron chi connectivity index (χ4n) is 4.80. The summed E-state index contributed by atoms with van der Waals surface area (Å²) in [4.78, 5) is 27.9. The molecule has 2 fully saturated rings. The molecular weight excluding hydrogens is 475 g/mol. The molecule has 6 nitrogen and oxygen atoms in total. The Morgan fingerprint density at radius 1 is 1.24 bits per heavy atom. The first-order chi connectivity index (χ1) is 16.5. The van der Waals surface area contributed by atoms with E-state index < -0.39 is 5.82 Å². The SMILES string of the molecule is O=C(NCc1ccc(F)cc1Cl)C1CCCN(C2NC(=O)C3SC=C(c4ccccc4)C3N2)C1. The summed E-state index contributed by atoms with van der Waals surface area (Å²) in [6.07, 6.45) is 1.30. The quantitative estimate of drug-likeness (QED) is 0.587. The van der Waals surface area contributed by atoms with E-state index in [0.29, 0.717) is 17.1 Å². The monoisotopic (exact) mass is 500 g/mol. The van der Waals surface area contributed by atoms with Crippen LogP contribution in [0.15, 0.2) is 53.9 Å². The molecule has 0 bridgehead atoms. The molecule has 3 aliphatic rings. The van der Waals surface area contributed by atoms with Crippen LogP contribution in [0.5, 0.6) is 0 Å². The van der Waals surface area contributed by atoms with E-state index in [0.717, 1.165) is 30.5 Å². The molecule has 0 radical (unpaired) electrons. The fourth-order valence-corrected chi connectivity index (χ4v) is 6.19. The molecule has 9 heteroatoms. The van der Waals surface area contributed by atoms with Crippen molar-refractivity contribution in [2.75, 3.05) is 13.1 Å². The third-order valence-electron chi connectivity index (χ3n) is 6.62. The molecular formula is C25H26ClFN4O2S. The van der Waals surface area contributed by atoms with Crippen molar-refractivity contribution in [1.29, 1.82) is 0 Å². The van der Waals surface area contributed by atoms with Crippen molar-refractivity contribution in [3.8, 4) is 0 Å². The molecule has 3 aliphatic heterocycles. The number of thioether (sulfide) groups is 1. The van der Waals surface area contributed by atoms with Crippen LogP contribution in [0, 0.1) is 11.7 Å². The molecule has 3 heterocycles. The molecule has 2 amide bonds. The lowest BCUT2D eigenvalue weighted by Gasteiger charge is -2.43. The van der Waals surface area contributed by atoms with Gasteiger partial charge in [0.1, 0.15) is 17.4 Å². The van der Waals surface area contributed by atoms with Crippen LogP contribution in [0.2, 0.25) is 5.02 Å². The van der Waals surface area contributed by atoms with E-state index in [-0.39, 0.29) is 41.9 Å². The smallest absolute Gasteiger partial charge is 0.237 e. The topological polar surface area (TPSA) is 73.5 Å². The van der Waals surface area contributed by atoms with Crippen molar-refractivity contribution in [3.05, 3.63) is 75.9 Å². The fraction of sp³-hybridized carbons (Fsp3) is 0.360. The Morgan fingerprint density at radius 3 is 2.85 bits per heavy atom. The Hall–Kier alpha value is -2.39. The number of carbonyl (C=O) groups is 2. The maximum atomic E-state index is 13.3. The first kappa shape index (κ1) is 23.4. The lowest BCUT2D eigenvalue weighted by atomic mass is 9.94. The number of benzene rings is 2. The average molecular weight is 501 g/mol. The molecule has 0 aliphatic carbocycles. The van der Waals surface area contributed by atoms with Gasteiger partial charge >= 0.3 is 0 Å². The molecule has 34 heavy (non-hydrogen) atoms. The van der Waals surface area contributed by atoms with E-state index in [1.54, 1.807) is 17.8 Å². The normalized spacial score (nSPS) is 27.0. The zero-order valence-corrected chi connectivity index (χ0v) is 20.0. The standard InChI is InChI=1S/C25H26ClFN4O2S/c26-20-11-18(27)9-8-16(20)12-28-23(32)17-7-4-10-31(13-17)25-29-21-19(15-5-2-1-3-6-15)14-34-22(21)24(33)30-25/h1-3,5-6,8-9,11,14,17,21-22,25,29H,4,7,10,12-13H2,(H,28,32)(H,30,33). The number of carbonyl (C=O) groups excluding carboxylic acids is 2. The number of amides is 2. The summed E-state index contributed by atoms with van der Waals surface area (Å²) in [5.74, 6) is -0.658. The number of nitrogens with one attached hydrogen (secondary N) is 3. The van der Waals surface area contributed by atoms with Gasteiger partial charge in [-0.1, -0.05) is 48.0 Å². The summed E-state index contributed by atoms with van der Waals surface area (Å²) in [7, 11) is 0. The van der Waals surface area contributed by atoms with E-state index in [1.165, 1.54) is 12.1 Å². The van der Waals surface area contributed by atoms with Crippen LogP contribution >= 0.6 is 23.4 Å². The first-order valence-corrected chi connectivity index (χ1v) is 12.7. The van der Waals surface area contributed by atoms with Crippen LogP contribution in [-0.2, 0) is 16.1 Å². The molecule has 0 aromatic heterocycles. The number of halogens is 2. The molecule has 0 spiro atoms. The lowest BCUT2D eigenvalue weighted by molar-refractivity contribution is -0.129. The number of likely N-dealkylation sites (tertiary alicyclic amines) is 1. The van der Waals surface area contributed by atoms with E-state index in [2.05, 4.69) is 38.4 Å². The van der Waals surface area contributed by atoms with E-state index >= 15 is 0 Å². The zero-order chi connectivity index (χ0) is 23.7. The number of rotatable bonds is 5. The number of piperidine rings is 1. The number of nitrogens with zero attached hydrogens (tertiary/aromatic N) is 1. The van der Waals surface area contributed by atoms with Crippen molar-refractivity contribution in [2.45, 2.75) is 37.0 Å².